The fourth-order valence-electron chi connectivity index (χ4n) is 2.77. The van der Waals surface area contributed by atoms with Gasteiger partial charge in [-0.05, 0) is 19.4 Å². The highest BCUT2D eigenvalue weighted by Gasteiger charge is 2.38. The number of β-amino-alcohol motifs (C(OH)–C–C–N with tert-alkyl or cyclic N) is 1. The molecule has 10 heteroatoms. The predicted molar refractivity (Wildman–Crippen MR) is 86.9 cm³/mol. The highest BCUT2D eigenvalue weighted by molar-refractivity contribution is 7.89. The van der Waals surface area contributed by atoms with Gasteiger partial charge in [0.25, 0.3) is 0 Å². The summed E-state index contributed by atoms with van der Waals surface area (Å²) in [7, 11) is -2.06. The van der Waals surface area contributed by atoms with Crippen LogP contribution in [0.5, 0.6) is 0 Å². The van der Waals surface area contributed by atoms with Crippen molar-refractivity contribution in [2.24, 2.45) is 7.05 Å². The van der Waals surface area contributed by atoms with Crippen LogP contribution in [0.25, 0.3) is 0 Å². The fourth-order valence-corrected chi connectivity index (χ4v) is 4.11. The number of hydrogen-bond acceptors (Lipinski definition) is 7. The minimum atomic E-state index is -3.72. The van der Waals surface area contributed by atoms with Crippen molar-refractivity contribution in [1.82, 2.24) is 24.5 Å². The van der Waals surface area contributed by atoms with Crippen LogP contribution < -0.4 is 9.62 Å². The number of anilines is 1. The van der Waals surface area contributed by atoms with E-state index >= 15 is 0 Å². The van der Waals surface area contributed by atoms with Gasteiger partial charge in [-0.1, -0.05) is 0 Å². The molecule has 0 aromatic carbocycles. The van der Waals surface area contributed by atoms with E-state index in [0.717, 1.165) is 0 Å². The van der Waals surface area contributed by atoms with Crippen LogP contribution >= 0.6 is 0 Å². The second kappa shape index (κ2) is 6.11. The first-order valence-corrected chi connectivity index (χ1v) is 9.02. The Kier molecular flexibility index (Phi) is 4.28. The smallest absolute Gasteiger partial charge is 0.244 e. The van der Waals surface area contributed by atoms with E-state index in [9.17, 15) is 13.5 Å². The number of sulfonamides is 1. The van der Waals surface area contributed by atoms with E-state index in [4.69, 9.17) is 0 Å². The number of nitrogens with one attached hydrogen (secondary N) is 1. The molecule has 0 aliphatic carbocycles. The molecule has 3 heterocycles. The van der Waals surface area contributed by atoms with Crippen molar-refractivity contribution in [3.63, 3.8) is 0 Å². The normalized spacial score (nSPS) is 21.4. The molecule has 130 valence electrons. The maximum Gasteiger partial charge on any atom is 0.244 e. The monoisotopic (exact) mass is 352 g/mol. The van der Waals surface area contributed by atoms with Crippen molar-refractivity contribution < 1.29 is 13.5 Å². The molecule has 1 aliphatic rings. The zero-order valence-electron chi connectivity index (χ0n) is 13.5. The Hall–Kier alpha value is -2.04. The summed E-state index contributed by atoms with van der Waals surface area (Å²) >= 11 is 0. The maximum absolute atomic E-state index is 12.4. The van der Waals surface area contributed by atoms with Crippen molar-refractivity contribution in [3.8, 4) is 0 Å². The Balaban J connectivity index is 1.67. The Bertz CT molecular complexity index is 822. The molecule has 24 heavy (non-hydrogen) atoms. The minimum absolute atomic E-state index is 0.0764. The summed E-state index contributed by atoms with van der Waals surface area (Å²) in [6.07, 6.45) is 5.14. The molecule has 2 aromatic heterocycles. The van der Waals surface area contributed by atoms with Crippen LogP contribution in [0, 0.1) is 6.92 Å². The quantitative estimate of drug-likeness (QED) is 0.741. The van der Waals surface area contributed by atoms with E-state index in [2.05, 4.69) is 19.8 Å². The fraction of sp³-hybridized carbons (Fsp3) is 0.500. The third-order valence-corrected chi connectivity index (χ3v) is 5.52. The molecule has 0 bridgehead atoms. The van der Waals surface area contributed by atoms with Crippen LogP contribution in [0.1, 0.15) is 12.1 Å². The molecule has 1 aliphatic heterocycles. The summed E-state index contributed by atoms with van der Waals surface area (Å²) in [5, 5.41) is 14.7. The number of rotatable bonds is 5. The van der Waals surface area contributed by atoms with E-state index in [-0.39, 0.29) is 18.0 Å². The van der Waals surface area contributed by atoms with Gasteiger partial charge in [0.05, 0.1) is 17.8 Å². The van der Waals surface area contributed by atoms with Crippen LogP contribution in [-0.4, -0.2) is 58.5 Å². The van der Waals surface area contributed by atoms with Gasteiger partial charge >= 0.3 is 0 Å². The Morgan fingerprint density at radius 1 is 1.38 bits per heavy atom. The minimum Gasteiger partial charge on any atom is -0.387 e. The van der Waals surface area contributed by atoms with Crippen LogP contribution in [-0.2, 0) is 17.1 Å². The van der Waals surface area contributed by atoms with E-state index in [1.54, 1.807) is 32.4 Å². The van der Waals surface area contributed by atoms with Crippen molar-refractivity contribution in [3.05, 3.63) is 30.4 Å². The van der Waals surface area contributed by atoms with Gasteiger partial charge in [-0.3, -0.25) is 4.68 Å². The maximum atomic E-state index is 12.4. The van der Waals surface area contributed by atoms with E-state index in [1.807, 2.05) is 4.90 Å². The number of aliphatic hydroxyl groups is 1. The first-order chi connectivity index (χ1) is 11.3. The Morgan fingerprint density at radius 3 is 2.71 bits per heavy atom. The summed E-state index contributed by atoms with van der Waals surface area (Å²) in [4.78, 5) is 10.3. The van der Waals surface area contributed by atoms with Gasteiger partial charge in [0.15, 0.2) is 0 Å². The lowest BCUT2D eigenvalue weighted by Gasteiger charge is -2.23. The SMILES string of the molecule is Cc1nn(C)cc1S(=O)(=O)NCC1(O)CCN(c2ncccn2)C1. The van der Waals surface area contributed by atoms with Gasteiger partial charge in [0.2, 0.25) is 16.0 Å². The molecular weight excluding hydrogens is 332 g/mol. The summed E-state index contributed by atoms with van der Waals surface area (Å²) in [6, 6.07) is 1.72. The van der Waals surface area contributed by atoms with E-state index in [0.29, 0.717) is 24.6 Å². The van der Waals surface area contributed by atoms with Gasteiger partial charge in [0.1, 0.15) is 4.90 Å². The predicted octanol–water partition coefficient (Wildman–Crippen LogP) is -0.562. The number of aryl methyl sites for hydroxylation is 2. The van der Waals surface area contributed by atoms with Gasteiger partial charge in [-0.2, -0.15) is 5.10 Å². The number of nitrogens with zero attached hydrogens (tertiary/aromatic N) is 5. The van der Waals surface area contributed by atoms with E-state index in [1.165, 1.54) is 10.9 Å². The molecule has 2 aromatic rings. The molecule has 9 nitrogen and oxygen atoms in total. The third-order valence-electron chi connectivity index (χ3n) is 4.02. The topological polar surface area (TPSA) is 113 Å². The van der Waals surface area contributed by atoms with Crippen molar-refractivity contribution in [2.45, 2.75) is 23.8 Å². The average Bonchev–Trinajstić information content (AvgIpc) is 3.10. The van der Waals surface area contributed by atoms with Crippen molar-refractivity contribution in [2.75, 3.05) is 24.5 Å². The molecule has 1 fully saturated rings. The second-order valence-electron chi connectivity index (χ2n) is 6.02. The summed E-state index contributed by atoms with van der Waals surface area (Å²) in [6.45, 7) is 2.39. The molecule has 2 N–H and O–H groups in total. The van der Waals surface area contributed by atoms with Crippen molar-refractivity contribution in [1.29, 1.82) is 0 Å². The van der Waals surface area contributed by atoms with Gasteiger partial charge in [0, 0.05) is 38.7 Å². The second-order valence-corrected chi connectivity index (χ2v) is 7.76. The van der Waals surface area contributed by atoms with Crippen molar-refractivity contribution >= 4 is 16.0 Å². The van der Waals surface area contributed by atoms with Gasteiger partial charge < -0.3 is 10.0 Å². The lowest BCUT2D eigenvalue weighted by atomic mass is 10.0. The lowest BCUT2D eigenvalue weighted by molar-refractivity contribution is 0.0685. The molecule has 3 rings (SSSR count). The standard InChI is InChI=1S/C14H20N6O3S/c1-11-12(8-19(2)18-11)24(22,23)17-9-14(21)4-7-20(10-14)13-15-5-3-6-16-13/h3,5-6,8,17,21H,4,7,9-10H2,1-2H3. The number of hydrogen-bond donors (Lipinski definition) is 2. The Labute approximate surface area is 140 Å². The highest BCUT2D eigenvalue weighted by atomic mass is 32.2. The first kappa shape index (κ1) is 16.8. The molecule has 1 atom stereocenters. The first-order valence-electron chi connectivity index (χ1n) is 7.53. The van der Waals surface area contributed by atoms with Crippen LogP contribution in [0.15, 0.2) is 29.6 Å². The van der Waals surface area contributed by atoms with Crippen LogP contribution in [0.3, 0.4) is 0 Å². The van der Waals surface area contributed by atoms with Gasteiger partial charge in [-0.25, -0.2) is 23.1 Å². The molecule has 0 amide bonds. The largest absolute Gasteiger partial charge is 0.387 e. The average molecular weight is 352 g/mol. The third kappa shape index (κ3) is 3.40. The molecule has 0 saturated carbocycles. The van der Waals surface area contributed by atoms with E-state index < -0.39 is 15.6 Å². The lowest BCUT2D eigenvalue weighted by Crippen LogP contribution is -2.45. The van der Waals surface area contributed by atoms with Gasteiger partial charge in [-0.15, -0.1) is 0 Å². The molecular formula is C14H20N6O3S. The summed E-state index contributed by atoms with van der Waals surface area (Å²) < 4.78 is 28.7. The molecule has 1 saturated heterocycles. The molecule has 1 unspecified atom stereocenters. The summed E-state index contributed by atoms with van der Waals surface area (Å²) in [5.41, 5.74) is -0.745. The number of aromatic nitrogens is 4. The zero-order valence-corrected chi connectivity index (χ0v) is 14.4. The van der Waals surface area contributed by atoms with Crippen LogP contribution in [0.4, 0.5) is 5.95 Å². The molecule has 0 spiro atoms. The Morgan fingerprint density at radius 2 is 2.08 bits per heavy atom. The zero-order chi connectivity index (χ0) is 17.4. The highest BCUT2D eigenvalue weighted by Crippen LogP contribution is 2.24. The summed E-state index contributed by atoms with van der Waals surface area (Å²) in [5.74, 6) is 0.527. The van der Waals surface area contributed by atoms with Crippen LogP contribution in [0.2, 0.25) is 0 Å². The molecule has 0 radical (unpaired) electrons.